The fourth-order valence-electron chi connectivity index (χ4n) is 5.14. The number of carbonyl (C=O) groups is 2. The van der Waals surface area contributed by atoms with Gasteiger partial charge in [-0.05, 0) is 30.7 Å². The van der Waals surface area contributed by atoms with Crippen LogP contribution in [0.1, 0.15) is 56.9 Å². The molecule has 4 rings (SSSR count). The molecule has 0 N–H and O–H groups in total. The van der Waals surface area contributed by atoms with E-state index in [9.17, 15) is 9.59 Å². The van der Waals surface area contributed by atoms with Gasteiger partial charge >= 0.3 is 0 Å². The first-order valence-electron chi connectivity index (χ1n) is 10.3. The highest BCUT2D eigenvalue weighted by Crippen LogP contribution is 2.43. The number of nitrogens with zero attached hydrogens (tertiary/aromatic N) is 1. The molecule has 1 aromatic rings. The molecule has 0 bridgehead atoms. The summed E-state index contributed by atoms with van der Waals surface area (Å²) < 4.78 is 6.16. The van der Waals surface area contributed by atoms with Gasteiger partial charge in [-0.25, -0.2) is 0 Å². The van der Waals surface area contributed by atoms with Crippen LogP contribution in [0.5, 0.6) is 0 Å². The molecular weight excluding hydrogens is 326 g/mol. The molecule has 1 saturated carbocycles. The zero-order valence-corrected chi connectivity index (χ0v) is 15.4. The second-order valence-electron chi connectivity index (χ2n) is 8.09. The van der Waals surface area contributed by atoms with E-state index in [2.05, 4.69) is 0 Å². The molecule has 2 aliphatic heterocycles. The maximum absolute atomic E-state index is 13.3. The van der Waals surface area contributed by atoms with Gasteiger partial charge in [-0.3, -0.25) is 14.5 Å². The quantitative estimate of drug-likeness (QED) is 0.755. The van der Waals surface area contributed by atoms with Crippen molar-refractivity contribution in [3.8, 4) is 0 Å². The number of carbonyl (C=O) groups excluding carboxylic acids is 2. The van der Waals surface area contributed by atoms with E-state index in [0.29, 0.717) is 19.6 Å². The normalized spacial score (nSPS) is 32.8. The summed E-state index contributed by atoms with van der Waals surface area (Å²) in [5.41, 5.74) is 1.02. The lowest BCUT2D eigenvalue weighted by Crippen LogP contribution is -2.36. The lowest BCUT2D eigenvalue weighted by molar-refractivity contribution is -0.142. The van der Waals surface area contributed by atoms with E-state index in [1.54, 1.807) is 0 Å². The maximum atomic E-state index is 13.3. The minimum atomic E-state index is -0.179. The van der Waals surface area contributed by atoms with Crippen molar-refractivity contribution in [2.24, 2.45) is 17.8 Å². The van der Waals surface area contributed by atoms with Crippen molar-refractivity contribution >= 4 is 11.8 Å². The van der Waals surface area contributed by atoms with Crippen LogP contribution in [0.4, 0.5) is 0 Å². The lowest BCUT2D eigenvalue weighted by Gasteiger charge is -2.29. The number of imide groups is 1. The van der Waals surface area contributed by atoms with Crippen molar-refractivity contribution < 1.29 is 14.3 Å². The van der Waals surface area contributed by atoms with Gasteiger partial charge in [0.1, 0.15) is 0 Å². The molecule has 0 aromatic heterocycles. The Morgan fingerprint density at radius 1 is 0.885 bits per heavy atom. The Morgan fingerprint density at radius 2 is 1.62 bits per heavy atom. The average Bonchev–Trinajstić information content (AvgIpc) is 2.82. The second kappa shape index (κ2) is 7.91. The van der Waals surface area contributed by atoms with Crippen molar-refractivity contribution in [1.29, 1.82) is 0 Å². The summed E-state index contributed by atoms with van der Waals surface area (Å²) in [6.45, 7) is 1.02. The molecule has 3 aliphatic rings. The standard InChI is InChI=1S/C22H29NO3/c24-21-18-13-14-26-19-12-8-3-1-2-7-11-17(19)20(18)22(25)23(21)15-16-9-5-4-6-10-16/h4-6,9-10,17-20H,1-3,7-8,11-15H2. The first-order chi connectivity index (χ1) is 12.8. The zero-order chi connectivity index (χ0) is 17.9. The summed E-state index contributed by atoms with van der Waals surface area (Å²) in [6.07, 6.45) is 8.98. The van der Waals surface area contributed by atoms with Gasteiger partial charge in [0.2, 0.25) is 11.8 Å². The van der Waals surface area contributed by atoms with Crippen LogP contribution in [-0.4, -0.2) is 29.4 Å². The van der Waals surface area contributed by atoms with Crippen molar-refractivity contribution in [2.75, 3.05) is 6.61 Å². The van der Waals surface area contributed by atoms with E-state index >= 15 is 0 Å². The highest BCUT2D eigenvalue weighted by molar-refractivity contribution is 6.05. The van der Waals surface area contributed by atoms with Gasteiger partial charge in [0.05, 0.1) is 24.5 Å². The number of fused-ring (bicyclic) bond motifs is 3. The molecule has 4 nitrogen and oxygen atoms in total. The smallest absolute Gasteiger partial charge is 0.233 e. The van der Waals surface area contributed by atoms with Crippen molar-refractivity contribution in [2.45, 2.75) is 64.0 Å². The van der Waals surface area contributed by atoms with E-state index in [-0.39, 0.29) is 35.7 Å². The third-order valence-electron chi connectivity index (χ3n) is 6.48. The summed E-state index contributed by atoms with van der Waals surface area (Å²) in [6, 6.07) is 9.85. The molecule has 0 spiro atoms. The molecular formula is C22H29NO3. The molecule has 4 atom stereocenters. The molecule has 26 heavy (non-hydrogen) atoms. The van der Waals surface area contributed by atoms with Crippen LogP contribution >= 0.6 is 0 Å². The number of likely N-dealkylation sites (tertiary alicyclic amines) is 1. The molecule has 2 amide bonds. The Hall–Kier alpha value is -1.68. The van der Waals surface area contributed by atoms with Crippen molar-refractivity contribution in [3.63, 3.8) is 0 Å². The second-order valence-corrected chi connectivity index (χ2v) is 8.09. The number of hydrogen-bond donors (Lipinski definition) is 0. The van der Waals surface area contributed by atoms with Gasteiger partial charge < -0.3 is 4.74 Å². The number of rotatable bonds is 2. The molecule has 140 valence electrons. The lowest BCUT2D eigenvalue weighted by atomic mass is 9.76. The van der Waals surface area contributed by atoms with Crippen LogP contribution in [0.2, 0.25) is 0 Å². The van der Waals surface area contributed by atoms with E-state index in [4.69, 9.17) is 4.74 Å². The summed E-state index contributed by atoms with van der Waals surface area (Å²) in [7, 11) is 0. The van der Waals surface area contributed by atoms with Crippen LogP contribution in [0.25, 0.3) is 0 Å². The predicted octanol–water partition coefficient (Wildman–Crippen LogP) is 3.94. The summed E-state index contributed by atoms with van der Waals surface area (Å²) in [5.74, 6) is -0.0758. The minimum absolute atomic E-state index is 0.0213. The SMILES string of the molecule is O=C1C2CCOC3CCCCCCCC3C2C(=O)N1Cc1ccccc1. The Labute approximate surface area is 155 Å². The summed E-state index contributed by atoms with van der Waals surface area (Å²) >= 11 is 0. The molecule has 3 fully saturated rings. The third-order valence-corrected chi connectivity index (χ3v) is 6.48. The Bertz CT molecular complexity index is 644. The van der Waals surface area contributed by atoms with Gasteiger partial charge in [-0.1, -0.05) is 62.4 Å². The van der Waals surface area contributed by atoms with Gasteiger partial charge in [-0.15, -0.1) is 0 Å². The highest BCUT2D eigenvalue weighted by Gasteiger charge is 2.53. The van der Waals surface area contributed by atoms with E-state index in [1.807, 2.05) is 30.3 Å². The van der Waals surface area contributed by atoms with Crippen LogP contribution in [0, 0.1) is 17.8 Å². The predicted molar refractivity (Wildman–Crippen MR) is 99.1 cm³/mol. The molecule has 2 saturated heterocycles. The van der Waals surface area contributed by atoms with Gasteiger partial charge in [0.15, 0.2) is 0 Å². The number of hydrogen-bond acceptors (Lipinski definition) is 3. The molecule has 4 unspecified atom stereocenters. The van der Waals surface area contributed by atoms with Crippen molar-refractivity contribution in [3.05, 3.63) is 35.9 Å². The number of amides is 2. The Kier molecular flexibility index (Phi) is 5.39. The van der Waals surface area contributed by atoms with Crippen LogP contribution in [0.3, 0.4) is 0 Å². The number of ether oxygens (including phenoxy) is 1. The van der Waals surface area contributed by atoms with Gasteiger partial charge in [0, 0.05) is 6.61 Å². The van der Waals surface area contributed by atoms with Gasteiger partial charge in [0.25, 0.3) is 0 Å². The van der Waals surface area contributed by atoms with E-state index in [0.717, 1.165) is 24.8 Å². The third kappa shape index (κ3) is 3.44. The molecule has 2 heterocycles. The minimum Gasteiger partial charge on any atom is -0.378 e. The van der Waals surface area contributed by atoms with Crippen LogP contribution in [0.15, 0.2) is 30.3 Å². The fourth-order valence-corrected chi connectivity index (χ4v) is 5.14. The first kappa shape index (κ1) is 17.7. The average molecular weight is 355 g/mol. The van der Waals surface area contributed by atoms with Crippen LogP contribution in [-0.2, 0) is 20.9 Å². The molecule has 1 aliphatic carbocycles. The molecule has 4 heteroatoms. The number of benzene rings is 1. The maximum Gasteiger partial charge on any atom is 0.233 e. The largest absolute Gasteiger partial charge is 0.378 e. The Morgan fingerprint density at radius 3 is 2.42 bits per heavy atom. The summed E-state index contributed by atoms with van der Waals surface area (Å²) in [5, 5.41) is 0. The van der Waals surface area contributed by atoms with E-state index in [1.165, 1.54) is 30.6 Å². The fraction of sp³-hybridized carbons (Fsp3) is 0.636. The Balaban J connectivity index is 1.58. The monoisotopic (exact) mass is 355 g/mol. The first-order valence-corrected chi connectivity index (χ1v) is 10.3. The molecule has 0 radical (unpaired) electrons. The van der Waals surface area contributed by atoms with Gasteiger partial charge in [-0.2, -0.15) is 0 Å². The highest BCUT2D eigenvalue weighted by atomic mass is 16.5. The van der Waals surface area contributed by atoms with Crippen LogP contribution < -0.4 is 0 Å². The topological polar surface area (TPSA) is 46.6 Å². The summed E-state index contributed by atoms with van der Waals surface area (Å²) in [4.78, 5) is 27.9. The van der Waals surface area contributed by atoms with E-state index < -0.39 is 0 Å². The van der Waals surface area contributed by atoms with Crippen molar-refractivity contribution in [1.82, 2.24) is 4.90 Å². The molecule has 1 aromatic carbocycles. The zero-order valence-electron chi connectivity index (χ0n) is 15.4.